The van der Waals surface area contributed by atoms with E-state index in [-0.39, 0.29) is 30.7 Å². The van der Waals surface area contributed by atoms with Crippen molar-refractivity contribution in [3.05, 3.63) is 83.4 Å². The normalized spacial score (nSPS) is 13.0. The van der Waals surface area contributed by atoms with Crippen LogP contribution in [0.1, 0.15) is 41.3 Å². The largest absolute Gasteiger partial charge is 0.368 e. The highest BCUT2D eigenvalue weighted by Gasteiger charge is 2.14. The number of benzene rings is 3. The summed E-state index contributed by atoms with van der Waals surface area (Å²) in [6.45, 7) is 5.67. The number of carbonyl (C=O) groups is 3. The van der Waals surface area contributed by atoms with E-state index >= 15 is 0 Å². The number of amidine groups is 2. The number of carbonyl (C=O) groups excluding carboxylic acids is 3. The van der Waals surface area contributed by atoms with Gasteiger partial charge in [0.2, 0.25) is 0 Å². The molecule has 7 N–H and O–H groups in total. The number of nitrogens with one attached hydrogen (secondary N) is 7. The molecule has 2 heterocycles. The van der Waals surface area contributed by atoms with Crippen LogP contribution in [0.25, 0.3) is 0 Å². The Bertz CT molecular complexity index is 1440. The Morgan fingerprint density at radius 1 is 0.667 bits per heavy atom. The van der Waals surface area contributed by atoms with Crippen LogP contribution in [0.5, 0.6) is 0 Å². The van der Waals surface area contributed by atoms with E-state index < -0.39 is 12.1 Å². The van der Waals surface area contributed by atoms with Crippen molar-refractivity contribution >= 4 is 77.2 Å². The zero-order valence-corrected chi connectivity index (χ0v) is 26.4. The molecule has 14 heteroatoms. The molecule has 238 valence electrons. The maximum Gasteiger partial charge on any atom is 0.323 e. The number of hydrogen-bond acceptors (Lipinski definition) is 7. The second-order valence-electron chi connectivity index (χ2n) is 10.0. The predicted molar refractivity (Wildman–Crippen MR) is 185 cm³/mol. The van der Waals surface area contributed by atoms with Gasteiger partial charge >= 0.3 is 12.1 Å². The first-order valence-corrected chi connectivity index (χ1v) is 14.3. The van der Waals surface area contributed by atoms with Crippen LogP contribution in [-0.2, 0) is 0 Å². The van der Waals surface area contributed by atoms with E-state index in [1.165, 1.54) is 0 Å². The maximum absolute atomic E-state index is 12.9. The SMILES string of the molecule is CCCCNC(=O)c1cc(NC(=O)Nc2ccc(C3=NCCN3)cc2)cc(NC(=O)Nc2ccc(C3=NCCN3)cc2)c1.Cl.Cl. The monoisotopic (exact) mass is 653 g/mol. The topological polar surface area (TPSA) is 160 Å². The molecule has 5 rings (SSSR count). The number of amides is 5. The van der Waals surface area contributed by atoms with E-state index in [9.17, 15) is 14.4 Å². The Kier molecular flexibility index (Phi) is 13.0. The zero-order valence-electron chi connectivity index (χ0n) is 24.7. The fraction of sp³-hybridized carbons (Fsp3) is 0.258. The van der Waals surface area contributed by atoms with Crippen molar-refractivity contribution in [2.24, 2.45) is 9.98 Å². The van der Waals surface area contributed by atoms with Gasteiger partial charge in [0.25, 0.3) is 5.91 Å². The fourth-order valence-corrected chi connectivity index (χ4v) is 4.58. The molecule has 12 nitrogen and oxygen atoms in total. The maximum atomic E-state index is 12.9. The number of urea groups is 2. The fourth-order valence-electron chi connectivity index (χ4n) is 4.58. The minimum absolute atomic E-state index is 0. The van der Waals surface area contributed by atoms with Crippen molar-refractivity contribution in [1.29, 1.82) is 0 Å². The minimum Gasteiger partial charge on any atom is -0.368 e. The Morgan fingerprint density at radius 2 is 1.11 bits per heavy atom. The summed E-state index contributed by atoms with van der Waals surface area (Å²) in [5, 5.41) is 20.4. The van der Waals surface area contributed by atoms with Gasteiger partial charge in [0, 0.05) is 59.1 Å². The standard InChI is InChI=1S/C31H35N9O3.2ClH/c1-2-3-12-36-29(41)22-17-25(39-30(42)37-23-8-4-20(5-9-23)27-32-13-14-33-27)19-26(18-22)40-31(43)38-24-10-6-21(7-11-24)28-34-15-16-35-28;;/h4-11,17-19H,2-3,12-16H2,1H3,(H,32,33)(H,34,35)(H,36,41)(H2,37,39,42)(H2,38,40,43);2*1H. The quantitative estimate of drug-likeness (QED) is 0.152. The highest BCUT2D eigenvalue weighted by Crippen LogP contribution is 2.21. The molecule has 0 radical (unpaired) electrons. The van der Waals surface area contributed by atoms with Gasteiger partial charge < -0.3 is 37.2 Å². The van der Waals surface area contributed by atoms with Crippen LogP contribution >= 0.6 is 24.8 Å². The van der Waals surface area contributed by atoms with Gasteiger partial charge in [-0.1, -0.05) is 13.3 Å². The average Bonchev–Trinajstić information content (AvgIpc) is 3.73. The second kappa shape index (κ2) is 16.9. The average molecular weight is 655 g/mol. The lowest BCUT2D eigenvalue weighted by Gasteiger charge is -2.14. The Hall–Kier alpha value is -4.81. The lowest BCUT2D eigenvalue weighted by atomic mass is 10.1. The van der Waals surface area contributed by atoms with Gasteiger partial charge in [-0.15, -0.1) is 24.8 Å². The van der Waals surface area contributed by atoms with Gasteiger partial charge in [-0.25, -0.2) is 9.59 Å². The first-order chi connectivity index (χ1) is 21.0. The van der Waals surface area contributed by atoms with Crippen LogP contribution in [0.4, 0.5) is 32.3 Å². The zero-order chi connectivity index (χ0) is 30.0. The molecule has 0 saturated heterocycles. The number of anilines is 4. The highest BCUT2D eigenvalue weighted by atomic mass is 35.5. The first-order valence-electron chi connectivity index (χ1n) is 14.3. The van der Waals surface area contributed by atoms with Crippen LogP contribution in [0, 0.1) is 0 Å². The molecule has 0 unspecified atom stereocenters. The van der Waals surface area contributed by atoms with Gasteiger partial charge in [0.15, 0.2) is 0 Å². The summed E-state index contributed by atoms with van der Waals surface area (Å²) >= 11 is 0. The molecule has 45 heavy (non-hydrogen) atoms. The molecule has 0 atom stereocenters. The third-order valence-electron chi connectivity index (χ3n) is 6.71. The van der Waals surface area contributed by atoms with Crippen molar-refractivity contribution in [2.75, 3.05) is 54.0 Å². The highest BCUT2D eigenvalue weighted by molar-refractivity contribution is 6.06. The van der Waals surface area contributed by atoms with Crippen LogP contribution in [0.2, 0.25) is 0 Å². The predicted octanol–water partition coefficient (Wildman–Crippen LogP) is 5.05. The number of aliphatic imine (C=N–C) groups is 2. The Morgan fingerprint density at radius 3 is 1.51 bits per heavy atom. The Labute approximate surface area is 274 Å². The van der Waals surface area contributed by atoms with Crippen molar-refractivity contribution < 1.29 is 14.4 Å². The number of rotatable bonds is 10. The number of nitrogens with zero attached hydrogens (tertiary/aromatic N) is 2. The molecule has 5 amide bonds. The van der Waals surface area contributed by atoms with Crippen molar-refractivity contribution in [3.8, 4) is 0 Å². The third-order valence-corrected chi connectivity index (χ3v) is 6.71. The van der Waals surface area contributed by atoms with Crippen LogP contribution < -0.4 is 37.2 Å². The summed E-state index contributed by atoms with van der Waals surface area (Å²) in [7, 11) is 0. The summed E-state index contributed by atoms with van der Waals surface area (Å²) in [5.74, 6) is 1.36. The summed E-state index contributed by atoms with van der Waals surface area (Å²) < 4.78 is 0. The molecule has 0 aliphatic carbocycles. The summed E-state index contributed by atoms with van der Waals surface area (Å²) in [5.41, 5.74) is 4.04. The van der Waals surface area contributed by atoms with Crippen LogP contribution in [0.3, 0.4) is 0 Å². The molecule has 0 aromatic heterocycles. The van der Waals surface area contributed by atoms with E-state index in [2.05, 4.69) is 47.2 Å². The molecule has 0 spiro atoms. The number of hydrogen-bond donors (Lipinski definition) is 7. The number of unbranched alkanes of at least 4 members (excludes halogenated alkanes) is 1. The van der Waals surface area contributed by atoms with Gasteiger partial charge in [-0.2, -0.15) is 0 Å². The van der Waals surface area contributed by atoms with Gasteiger partial charge in [0.05, 0.1) is 13.1 Å². The molecule has 3 aromatic carbocycles. The lowest BCUT2D eigenvalue weighted by molar-refractivity contribution is 0.0953. The van der Waals surface area contributed by atoms with E-state index in [0.29, 0.717) is 34.9 Å². The molecular weight excluding hydrogens is 617 g/mol. The van der Waals surface area contributed by atoms with E-state index in [0.717, 1.165) is 61.8 Å². The van der Waals surface area contributed by atoms with E-state index in [1.807, 2.05) is 31.2 Å². The van der Waals surface area contributed by atoms with Crippen molar-refractivity contribution in [2.45, 2.75) is 19.8 Å². The van der Waals surface area contributed by atoms with Crippen LogP contribution in [-0.4, -0.2) is 62.4 Å². The van der Waals surface area contributed by atoms with Gasteiger partial charge in [-0.05, 0) is 73.2 Å². The van der Waals surface area contributed by atoms with Gasteiger partial charge in [0.1, 0.15) is 11.7 Å². The molecule has 2 aliphatic rings. The molecule has 0 saturated carbocycles. The summed E-state index contributed by atoms with van der Waals surface area (Å²) in [4.78, 5) is 47.3. The molecular formula is C31H37Cl2N9O3. The van der Waals surface area contributed by atoms with E-state index in [1.54, 1.807) is 42.5 Å². The second-order valence-corrected chi connectivity index (χ2v) is 10.0. The lowest BCUT2D eigenvalue weighted by Crippen LogP contribution is -2.26. The summed E-state index contributed by atoms with van der Waals surface area (Å²) in [6.07, 6.45) is 1.77. The summed E-state index contributed by atoms with van der Waals surface area (Å²) in [6, 6.07) is 18.4. The molecule has 2 aliphatic heterocycles. The van der Waals surface area contributed by atoms with Crippen LogP contribution in [0.15, 0.2) is 76.7 Å². The van der Waals surface area contributed by atoms with Crippen molar-refractivity contribution in [3.63, 3.8) is 0 Å². The Balaban J connectivity index is 0.00000276. The van der Waals surface area contributed by atoms with E-state index in [4.69, 9.17) is 0 Å². The van der Waals surface area contributed by atoms with Gasteiger partial charge in [-0.3, -0.25) is 14.8 Å². The molecule has 3 aromatic rings. The molecule has 0 bridgehead atoms. The number of halogens is 2. The molecule has 0 fully saturated rings. The minimum atomic E-state index is -0.496. The van der Waals surface area contributed by atoms with Crippen molar-refractivity contribution in [1.82, 2.24) is 16.0 Å². The smallest absolute Gasteiger partial charge is 0.323 e. The first kappa shape index (κ1) is 34.7. The third kappa shape index (κ3) is 9.85.